The molecule has 4 rings (SSSR count). The molecule has 10 nitrogen and oxygen atoms in total. The fraction of sp³-hybridized carbons (Fsp3) is 0.304. The Morgan fingerprint density at radius 1 is 1.06 bits per heavy atom. The highest BCUT2D eigenvalue weighted by Gasteiger charge is 2.21. The summed E-state index contributed by atoms with van der Waals surface area (Å²) >= 11 is 0. The van der Waals surface area contributed by atoms with Crippen LogP contribution in [0.2, 0.25) is 0 Å². The zero-order valence-corrected chi connectivity index (χ0v) is 19.7. The molecule has 0 saturated heterocycles. The summed E-state index contributed by atoms with van der Waals surface area (Å²) in [5.41, 5.74) is 1.03. The molecule has 1 aliphatic heterocycles. The molecule has 3 aromatic rings. The number of carbonyl (C=O) groups is 1. The number of nitrogens with zero attached hydrogens (tertiary/aromatic N) is 2. The first-order chi connectivity index (χ1) is 16.3. The summed E-state index contributed by atoms with van der Waals surface area (Å²) in [7, 11) is -2.14. The van der Waals surface area contributed by atoms with Gasteiger partial charge >= 0.3 is 0 Å². The summed E-state index contributed by atoms with van der Waals surface area (Å²) in [6.45, 7) is 2.53. The van der Waals surface area contributed by atoms with Crippen LogP contribution in [0.5, 0.6) is 11.5 Å². The number of fused-ring (bicyclic) bond motifs is 1. The second-order valence-electron chi connectivity index (χ2n) is 7.79. The Bertz CT molecular complexity index is 1360. The lowest BCUT2D eigenvalue weighted by Gasteiger charge is -2.11. The van der Waals surface area contributed by atoms with Crippen LogP contribution in [0.25, 0.3) is 5.69 Å². The molecule has 0 radical (unpaired) electrons. The lowest BCUT2D eigenvalue weighted by atomic mass is 10.3. The van der Waals surface area contributed by atoms with E-state index in [9.17, 15) is 18.0 Å². The van der Waals surface area contributed by atoms with Gasteiger partial charge in [-0.05, 0) is 31.2 Å². The number of amides is 1. The Kier molecular flexibility index (Phi) is 6.75. The third-order valence-corrected chi connectivity index (χ3v) is 6.95. The second kappa shape index (κ2) is 9.74. The molecule has 0 saturated carbocycles. The molecule has 0 bridgehead atoms. The van der Waals surface area contributed by atoms with Gasteiger partial charge in [-0.1, -0.05) is 18.2 Å². The lowest BCUT2D eigenvalue weighted by molar-refractivity contribution is -0.116. The largest absolute Gasteiger partial charge is 0.490 e. The van der Waals surface area contributed by atoms with Gasteiger partial charge in [-0.25, -0.2) is 17.8 Å². The number of aromatic nitrogens is 2. The minimum absolute atomic E-state index is 0.0156. The third-order valence-electron chi connectivity index (χ3n) is 5.49. The van der Waals surface area contributed by atoms with E-state index in [1.807, 2.05) is 18.2 Å². The molecule has 0 aliphatic carbocycles. The topological polar surface area (TPSA) is 121 Å². The van der Waals surface area contributed by atoms with Crippen molar-refractivity contribution in [3.63, 3.8) is 0 Å². The number of hydrogen-bond donors (Lipinski definition) is 2. The monoisotopic (exact) mass is 486 g/mol. The molecular formula is C23H26N4O6S. The molecule has 0 atom stereocenters. The van der Waals surface area contributed by atoms with Crippen LogP contribution < -0.4 is 25.1 Å². The van der Waals surface area contributed by atoms with Gasteiger partial charge in [-0.2, -0.15) is 0 Å². The molecule has 0 spiro atoms. The van der Waals surface area contributed by atoms with E-state index < -0.39 is 15.9 Å². The van der Waals surface area contributed by atoms with Gasteiger partial charge in [0.25, 0.3) is 5.56 Å². The summed E-state index contributed by atoms with van der Waals surface area (Å²) in [6, 6.07) is 13.5. The van der Waals surface area contributed by atoms with Crippen LogP contribution in [0.4, 0.5) is 5.69 Å². The lowest BCUT2D eigenvalue weighted by Crippen LogP contribution is -2.29. The minimum Gasteiger partial charge on any atom is -0.490 e. The summed E-state index contributed by atoms with van der Waals surface area (Å²) in [5, 5.41) is 2.62. The number of benzene rings is 2. The molecular weight excluding hydrogens is 460 g/mol. The van der Waals surface area contributed by atoms with Gasteiger partial charge < -0.3 is 14.8 Å². The smallest absolute Gasteiger partial charge is 0.295 e. The zero-order chi connectivity index (χ0) is 24.3. The molecule has 2 aromatic carbocycles. The van der Waals surface area contributed by atoms with Crippen molar-refractivity contribution in [2.45, 2.75) is 24.7 Å². The van der Waals surface area contributed by atoms with E-state index in [0.717, 1.165) is 0 Å². The van der Waals surface area contributed by atoms with Gasteiger partial charge in [0, 0.05) is 32.5 Å². The van der Waals surface area contributed by atoms with Crippen molar-refractivity contribution in [1.82, 2.24) is 14.1 Å². The standard InChI is InChI=1S/C23H26N4O6S/c1-16-22(23(29)27(26(16)2)17-7-4-3-5-8-17)25-21(28)11-12-24-34(30,31)18-9-10-19-20(15-18)33-14-6-13-32-19/h3-5,7-10,15,24H,6,11-14H2,1-2H3,(H,25,28). The predicted octanol–water partition coefficient (Wildman–Crippen LogP) is 1.95. The first-order valence-corrected chi connectivity index (χ1v) is 12.3. The van der Waals surface area contributed by atoms with E-state index in [2.05, 4.69) is 10.0 Å². The highest BCUT2D eigenvalue weighted by molar-refractivity contribution is 7.89. The molecule has 180 valence electrons. The first kappa shape index (κ1) is 23.6. The van der Waals surface area contributed by atoms with Crippen LogP contribution >= 0.6 is 0 Å². The molecule has 11 heteroatoms. The molecule has 0 unspecified atom stereocenters. The van der Waals surface area contributed by atoms with Crippen molar-refractivity contribution in [2.24, 2.45) is 7.05 Å². The number of carbonyl (C=O) groups excluding carboxylic acids is 1. The van der Waals surface area contributed by atoms with E-state index in [4.69, 9.17) is 9.47 Å². The minimum atomic E-state index is -3.86. The Hall–Kier alpha value is -3.57. The van der Waals surface area contributed by atoms with E-state index in [0.29, 0.717) is 42.5 Å². The number of para-hydroxylation sites is 1. The number of nitrogens with one attached hydrogen (secondary N) is 2. The second-order valence-corrected chi connectivity index (χ2v) is 9.56. The van der Waals surface area contributed by atoms with Gasteiger partial charge in [0.15, 0.2) is 11.5 Å². The number of rotatable bonds is 7. The first-order valence-electron chi connectivity index (χ1n) is 10.8. The van der Waals surface area contributed by atoms with Gasteiger partial charge in [-0.15, -0.1) is 0 Å². The summed E-state index contributed by atoms with van der Waals surface area (Å²) in [5.74, 6) is 0.384. The van der Waals surface area contributed by atoms with Gasteiger partial charge in [-0.3, -0.25) is 14.3 Å². The maximum absolute atomic E-state index is 12.9. The van der Waals surface area contributed by atoms with E-state index in [-0.39, 0.29) is 29.1 Å². The van der Waals surface area contributed by atoms with Crippen LogP contribution in [0, 0.1) is 6.92 Å². The number of anilines is 1. The summed E-state index contributed by atoms with van der Waals surface area (Å²) in [6.07, 6.45) is 0.560. The molecule has 0 fully saturated rings. The van der Waals surface area contributed by atoms with Crippen molar-refractivity contribution in [3.05, 3.63) is 64.6 Å². The van der Waals surface area contributed by atoms with Gasteiger partial charge in [0.2, 0.25) is 15.9 Å². The summed E-state index contributed by atoms with van der Waals surface area (Å²) < 4.78 is 41.9. The number of hydrogen-bond acceptors (Lipinski definition) is 6. The quantitative estimate of drug-likeness (QED) is 0.527. The van der Waals surface area contributed by atoms with E-state index in [1.165, 1.54) is 16.8 Å². The predicted molar refractivity (Wildman–Crippen MR) is 126 cm³/mol. The Morgan fingerprint density at radius 3 is 2.50 bits per heavy atom. The van der Waals surface area contributed by atoms with E-state index in [1.54, 1.807) is 36.9 Å². The molecule has 34 heavy (non-hydrogen) atoms. The van der Waals surface area contributed by atoms with Gasteiger partial charge in [0.05, 0.1) is 29.5 Å². The number of ether oxygens (including phenoxy) is 2. The van der Waals surface area contributed by atoms with E-state index >= 15 is 0 Å². The van der Waals surface area contributed by atoms with Crippen molar-refractivity contribution < 1.29 is 22.7 Å². The average molecular weight is 487 g/mol. The molecule has 2 heterocycles. The molecule has 1 aromatic heterocycles. The fourth-order valence-electron chi connectivity index (χ4n) is 3.61. The molecule has 1 aliphatic rings. The summed E-state index contributed by atoms with van der Waals surface area (Å²) in [4.78, 5) is 25.4. The molecule has 2 N–H and O–H groups in total. The molecule has 1 amide bonds. The van der Waals surface area contributed by atoms with Crippen LogP contribution in [0.1, 0.15) is 18.5 Å². The van der Waals surface area contributed by atoms with Crippen LogP contribution in [0.15, 0.2) is 58.2 Å². The third kappa shape index (κ3) is 4.85. The zero-order valence-electron chi connectivity index (χ0n) is 18.9. The van der Waals surface area contributed by atoms with Crippen LogP contribution in [-0.2, 0) is 21.9 Å². The Morgan fingerprint density at radius 2 is 1.76 bits per heavy atom. The fourth-order valence-corrected chi connectivity index (χ4v) is 4.65. The van der Waals surface area contributed by atoms with Crippen molar-refractivity contribution in [3.8, 4) is 17.2 Å². The van der Waals surface area contributed by atoms with Gasteiger partial charge in [0.1, 0.15) is 5.69 Å². The highest BCUT2D eigenvalue weighted by atomic mass is 32.2. The maximum Gasteiger partial charge on any atom is 0.295 e. The van der Waals surface area contributed by atoms with Crippen molar-refractivity contribution in [1.29, 1.82) is 0 Å². The maximum atomic E-state index is 12.9. The Labute approximate surface area is 197 Å². The normalized spacial score (nSPS) is 13.4. The van der Waals surface area contributed by atoms with Crippen molar-refractivity contribution in [2.75, 3.05) is 25.1 Å². The SMILES string of the molecule is Cc1c(NC(=O)CCNS(=O)(=O)c2ccc3c(c2)OCCCO3)c(=O)n(-c2ccccc2)n1C. The number of sulfonamides is 1. The van der Waals surface area contributed by atoms with Crippen LogP contribution in [0.3, 0.4) is 0 Å². The highest BCUT2D eigenvalue weighted by Crippen LogP contribution is 2.31. The van der Waals surface area contributed by atoms with Crippen molar-refractivity contribution >= 4 is 21.6 Å². The van der Waals surface area contributed by atoms with Crippen LogP contribution in [-0.4, -0.2) is 43.4 Å². The Balaban J connectivity index is 1.40. The average Bonchev–Trinajstić information content (AvgIpc) is 2.98.